The van der Waals surface area contributed by atoms with E-state index in [1.165, 1.54) is 47.8 Å². The number of alkyl halides is 3. The van der Waals surface area contributed by atoms with Gasteiger partial charge in [-0.15, -0.1) is 0 Å². The number of benzene rings is 1. The van der Waals surface area contributed by atoms with Crippen LogP contribution in [0.5, 0.6) is 0 Å². The molecule has 13 heteroatoms. The standard InChI is InChI=1S/C27H33F4N5O4/c1-14(2)21(23(37)27(29,30)31)33-25(39)20-10-7-11-35(20)26(40)22(15(3)4)34-24(38)19-13-32-36(16(19)5)18-9-6-8-17(28)12-18/h6,8-9,12-15,20-22H,7,10-11H2,1-5H3,(H,33,39)(H,34,38)/t20-,21-,22-/m0/s1. The van der Waals surface area contributed by atoms with Gasteiger partial charge in [-0.1, -0.05) is 33.8 Å². The van der Waals surface area contributed by atoms with E-state index in [-0.39, 0.29) is 18.5 Å². The van der Waals surface area contributed by atoms with Crippen LogP contribution in [0.3, 0.4) is 0 Å². The number of carbonyl (C=O) groups is 4. The Labute approximate surface area is 229 Å². The maximum absolute atomic E-state index is 13.7. The maximum Gasteiger partial charge on any atom is 0.452 e. The van der Waals surface area contributed by atoms with Gasteiger partial charge in [0, 0.05) is 6.54 Å². The predicted molar refractivity (Wildman–Crippen MR) is 137 cm³/mol. The molecule has 1 saturated heterocycles. The van der Waals surface area contributed by atoms with Gasteiger partial charge in [0.2, 0.25) is 11.8 Å². The number of likely N-dealkylation sites (tertiary alicyclic amines) is 1. The van der Waals surface area contributed by atoms with Crippen LogP contribution >= 0.6 is 0 Å². The number of aromatic nitrogens is 2. The topological polar surface area (TPSA) is 113 Å². The van der Waals surface area contributed by atoms with Crippen LogP contribution in [0.15, 0.2) is 30.5 Å². The second kappa shape index (κ2) is 12.2. The molecule has 2 aromatic rings. The van der Waals surface area contributed by atoms with Crippen LogP contribution in [0.2, 0.25) is 0 Å². The fourth-order valence-corrected chi connectivity index (χ4v) is 4.68. The molecule has 9 nitrogen and oxygen atoms in total. The van der Waals surface area contributed by atoms with Crippen molar-refractivity contribution in [1.82, 2.24) is 25.3 Å². The summed E-state index contributed by atoms with van der Waals surface area (Å²) >= 11 is 0. The van der Waals surface area contributed by atoms with E-state index < -0.39 is 65.5 Å². The number of hydrogen-bond donors (Lipinski definition) is 2. The first-order chi connectivity index (χ1) is 18.6. The van der Waals surface area contributed by atoms with Gasteiger partial charge in [0.25, 0.3) is 11.7 Å². The van der Waals surface area contributed by atoms with E-state index in [1.54, 1.807) is 26.8 Å². The minimum atomic E-state index is -5.12. The molecule has 1 aromatic carbocycles. The van der Waals surface area contributed by atoms with E-state index in [0.717, 1.165) is 0 Å². The number of nitrogens with one attached hydrogen (secondary N) is 2. The van der Waals surface area contributed by atoms with Crippen molar-refractivity contribution in [1.29, 1.82) is 0 Å². The van der Waals surface area contributed by atoms with Crippen LogP contribution < -0.4 is 10.6 Å². The molecule has 3 atom stereocenters. The Bertz CT molecular complexity index is 1270. The molecule has 0 bridgehead atoms. The van der Waals surface area contributed by atoms with Crippen molar-refractivity contribution < 1.29 is 36.7 Å². The normalized spacial score (nSPS) is 17.2. The van der Waals surface area contributed by atoms with Crippen LogP contribution in [-0.4, -0.2) is 69.0 Å². The first kappa shape index (κ1) is 30.8. The maximum atomic E-state index is 13.7. The Balaban J connectivity index is 1.77. The number of nitrogens with zero attached hydrogens (tertiary/aromatic N) is 3. The summed E-state index contributed by atoms with van der Waals surface area (Å²) in [6, 6.07) is 1.72. The lowest BCUT2D eigenvalue weighted by Crippen LogP contribution is -2.58. The third-order valence-corrected chi connectivity index (χ3v) is 6.89. The Morgan fingerprint density at radius 2 is 1.68 bits per heavy atom. The summed E-state index contributed by atoms with van der Waals surface area (Å²) in [5, 5.41) is 9.04. The Morgan fingerprint density at radius 1 is 1.02 bits per heavy atom. The zero-order chi connectivity index (χ0) is 29.9. The molecule has 1 aliphatic heterocycles. The zero-order valence-corrected chi connectivity index (χ0v) is 22.9. The molecule has 1 aliphatic rings. The highest BCUT2D eigenvalue weighted by molar-refractivity contribution is 6.00. The fourth-order valence-electron chi connectivity index (χ4n) is 4.68. The van der Waals surface area contributed by atoms with E-state index in [0.29, 0.717) is 17.8 Å². The molecular formula is C27H33F4N5O4. The van der Waals surface area contributed by atoms with Gasteiger partial charge in [0.1, 0.15) is 17.9 Å². The van der Waals surface area contributed by atoms with E-state index >= 15 is 0 Å². The molecule has 2 N–H and O–H groups in total. The van der Waals surface area contributed by atoms with Gasteiger partial charge >= 0.3 is 6.18 Å². The molecule has 0 spiro atoms. The van der Waals surface area contributed by atoms with Crippen molar-refractivity contribution >= 4 is 23.5 Å². The van der Waals surface area contributed by atoms with E-state index in [2.05, 4.69) is 15.7 Å². The summed E-state index contributed by atoms with van der Waals surface area (Å²) in [6.45, 7) is 7.95. The number of hydrogen-bond acceptors (Lipinski definition) is 5. The summed E-state index contributed by atoms with van der Waals surface area (Å²) in [4.78, 5) is 52.8. The third kappa shape index (κ3) is 6.68. The Kier molecular flexibility index (Phi) is 9.36. The van der Waals surface area contributed by atoms with Crippen molar-refractivity contribution in [3.63, 3.8) is 0 Å². The lowest BCUT2D eigenvalue weighted by molar-refractivity contribution is -0.175. The molecule has 1 aromatic heterocycles. The second-order valence-electron chi connectivity index (χ2n) is 10.5. The van der Waals surface area contributed by atoms with Gasteiger partial charge in [0.05, 0.1) is 29.2 Å². The monoisotopic (exact) mass is 567 g/mol. The van der Waals surface area contributed by atoms with Crippen molar-refractivity contribution in [2.75, 3.05) is 6.54 Å². The summed E-state index contributed by atoms with van der Waals surface area (Å²) < 4.78 is 54.3. The molecule has 218 valence electrons. The van der Waals surface area contributed by atoms with Crippen molar-refractivity contribution in [2.24, 2.45) is 11.8 Å². The van der Waals surface area contributed by atoms with Crippen LogP contribution in [0.25, 0.3) is 5.69 Å². The molecule has 0 unspecified atom stereocenters. The zero-order valence-electron chi connectivity index (χ0n) is 22.9. The van der Waals surface area contributed by atoms with Crippen LogP contribution in [0, 0.1) is 24.6 Å². The van der Waals surface area contributed by atoms with Crippen molar-refractivity contribution in [3.05, 3.63) is 47.5 Å². The molecule has 3 amide bonds. The smallest absolute Gasteiger partial charge is 0.344 e. The first-order valence-electron chi connectivity index (χ1n) is 13.0. The number of halogens is 4. The van der Waals surface area contributed by atoms with E-state index in [1.807, 2.05) is 0 Å². The number of Topliss-reactive ketones (excluding diaryl/α,β-unsaturated/α-hetero) is 1. The van der Waals surface area contributed by atoms with Gasteiger partial charge in [-0.05, 0) is 49.8 Å². The molecule has 3 rings (SSSR count). The number of rotatable bonds is 9. The molecule has 0 saturated carbocycles. The van der Waals surface area contributed by atoms with Crippen molar-refractivity contribution in [2.45, 2.75) is 71.8 Å². The highest BCUT2D eigenvalue weighted by atomic mass is 19.4. The average molecular weight is 568 g/mol. The van der Waals surface area contributed by atoms with Crippen LogP contribution in [0.1, 0.15) is 56.6 Å². The highest BCUT2D eigenvalue weighted by Gasteiger charge is 2.46. The summed E-state index contributed by atoms with van der Waals surface area (Å²) in [7, 11) is 0. The highest BCUT2D eigenvalue weighted by Crippen LogP contribution is 2.24. The van der Waals surface area contributed by atoms with Gasteiger partial charge in [0.15, 0.2) is 0 Å². The fraction of sp³-hybridized carbons (Fsp3) is 0.519. The van der Waals surface area contributed by atoms with Gasteiger partial charge in [-0.3, -0.25) is 19.2 Å². The first-order valence-corrected chi connectivity index (χ1v) is 13.0. The lowest BCUT2D eigenvalue weighted by Gasteiger charge is -2.31. The Morgan fingerprint density at radius 3 is 2.25 bits per heavy atom. The van der Waals surface area contributed by atoms with Gasteiger partial charge < -0.3 is 15.5 Å². The SMILES string of the molecule is Cc1c(C(=O)N[C@H](C(=O)N2CCC[C@H]2C(=O)N[C@H](C(=O)C(F)(F)F)C(C)C)C(C)C)cnn1-c1cccc(F)c1. The van der Waals surface area contributed by atoms with Gasteiger partial charge in [-0.2, -0.15) is 18.3 Å². The number of amides is 3. The minimum Gasteiger partial charge on any atom is -0.344 e. The largest absolute Gasteiger partial charge is 0.452 e. The average Bonchev–Trinajstić information content (AvgIpc) is 3.51. The van der Waals surface area contributed by atoms with E-state index in [4.69, 9.17) is 0 Å². The molecule has 0 radical (unpaired) electrons. The quantitative estimate of drug-likeness (QED) is 0.452. The predicted octanol–water partition coefficient (Wildman–Crippen LogP) is 3.34. The van der Waals surface area contributed by atoms with Gasteiger partial charge in [-0.25, -0.2) is 9.07 Å². The molecule has 2 heterocycles. The minimum absolute atomic E-state index is 0.156. The molecule has 0 aliphatic carbocycles. The summed E-state index contributed by atoms with van der Waals surface area (Å²) in [5.74, 6) is -5.81. The summed E-state index contributed by atoms with van der Waals surface area (Å²) in [5.41, 5.74) is 0.970. The second-order valence-corrected chi connectivity index (χ2v) is 10.5. The van der Waals surface area contributed by atoms with Crippen molar-refractivity contribution in [3.8, 4) is 5.69 Å². The molecule has 40 heavy (non-hydrogen) atoms. The molecular weight excluding hydrogens is 534 g/mol. The summed E-state index contributed by atoms with van der Waals surface area (Å²) in [6.07, 6.45) is -3.21. The van der Waals surface area contributed by atoms with E-state index in [9.17, 15) is 36.7 Å². The number of carbonyl (C=O) groups excluding carboxylic acids is 4. The third-order valence-electron chi connectivity index (χ3n) is 6.89. The number of ketones is 1. The van der Waals surface area contributed by atoms with Crippen LogP contribution in [0.4, 0.5) is 17.6 Å². The molecule has 1 fully saturated rings. The Hall–Kier alpha value is -3.77. The lowest BCUT2D eigenvalue weighted by atomic mass is 9.98. The van der Waals surface area contributed by atoms with Crippen LogP contribution in [-0.2, 0) is 14.4 Å².